The first-order valence-electron chi connectivity index (χ1n) is 3.84. The number of nitrogens with one attached hydrogen (secondary N) is 1. The van der Waals surface area contributed by atoms with Crippen molar-refractivity contribution in [2.75, 3.05) is 7.05 Å². The quantitative estimate of drug-likeness (QED) is 0.581. The molecule has 15 heavy (non-hydrogen) atoms. The van der Waals surface area contributed by atoms with Crippen LogP contribution in [0.3, 0.4) is 0 Å². The number of hydrogen-bond donors (Lipinski definition) is 1. The van der Waals surface area contributed by atoms with Gasteiger partial charge in [0.1, 0.15) is 0 Å². The van der Waals surface area contributed by atoms with Crippen molar-refractivity contribution in [1.29, 1.82) is 0 Å². The fourth-order valence-electron chi connectivity index (χ4n) is 0.641. The normalized spacial score (nSPS) is 9.93. The Morgan fingerprint density at radius 3 is 2.27 bits per heavy atom. The third-order valence-electron chi connectivity index (χ3n) is 1.15. The van der Waals surface area contributed by atoms with Crippen LogP contribution in [-0.4, -0.2) is 25.2 Å². The first kappa shape index (κ1) is 13.4. The molecule has 1 amide bonds. The van der Waals surface area contributed by atoms with E-state index in [4.69, 9.17) is 0 Å². The van der Waals surface area contributed by atoms with Gasteiger partial charge >= 0.3 is 7.25 Å². The Morgan fingerprint density at radius 2 is 1.93 bits per heavy atom. The van der Waals surface area contributed by atoms with Gasteiger partial charge in [0.15, 0.2) is 0 Å². The molecule has 0 aromatic carbocycles. The summed E-state index contributed by atoms with van der Waals surface area (Å²) in [5.74, 6) is -0.104. The van der Waals surface area contributed by atoms with Gasteiger partial charge in [-0.25, -0.2) is 0 Å². The topological polar surface area (TPSA) is 42.0 Å². The van der Waals surface area contributed by atoms with Gasteiger partial charge in [0, 0.05) is 19.4 Å². The van der Waals surface area contributed by atoms with E-state index in [1.165, 1.54) is 6.20 Å². The van der Waals surface area contributed by atoms with Gasteiger partial charge < -0.3 is 22.6 Å². The molecule has 0 atom stereocenters. The van der Waals surface area contributed by atoms with Crippen LogP contribution in [-0.2, 0) is 0 Å². The van der Waals surface area contributed by atoms with Gasteiger partial charge in [0.25, 0.3) is 5.91 Å². The van der Waals surface area contributed by atoms with Crippen LogP contribution in [0.2, 0.25) is 0 Å². The molecule has 84 valence electrons. The van der Waals surface area contributed by atoms with Crippen molar-refractivity contribution in [3.8, 4) is 0 Å². The number of pyridine rings is 1. The van der Waals surface area contributed by atoms with Crippen LogP contribution in [0.25, 0.3) is 0 Å². The molecule has 1 N–H and O–H groups in total. The van der Waals surface area contributed by atoms with Crippen molar-refractivity contribution >= 4 is 13.2 Å². The highest BCUT2D eigenvalue weighted by Crippen LogP contribution is 2.06. The summed E-state index contributed by atoms with van der Waals surface area (Å²) in [7, 11) is -4.41. The lowest BCUT2D eigenvalue weighted by Crippen LogP contribution is -2.17. The van der Waals surface area contributed by atoms with Gasteiger partial charge in [0.05, 0.1) is 5.56 Å². The van der Waals surface area contributed by atoms with E-state index in [1.807, 2.05) is 0 Å². The molecule has 0 aliphatic heterocycles. The minimum absolute atomic E-state index is 0.104. The summed E-state index contributed by atoms with van der Waals surface area (Å²) < 4.78 is 39.0. The standard InChI is InChI=1S/C7H8N2O.BF4/c1-8-7(10)6-3-2-4-9-5-6;2-1(3,4)5/h2-5H,1H3,(H,8,10);/q;-1. The zero-order valence-electron chi connectivity index (χ0n) is 7.75. The SMILES string of the molecule is CNC(=O)c1cccnc1.F[B-](F)(F)F. The molecule has 0 radical (unpaired) electrons. The molecule has 0 aliphatic carbocycles. The number of halogens is 4. The maximum atomic E-state index is 10.9. The highest BCUT2D eigenvalue weighted by molar-refractivity contribution is 6.50. The zero-order valence-corrected chi connectivity index (χ0v) is 7.75. The molecule has 0 spiro atoms. The Bertz CT molecular complexity index is 298. The predicted molar refractivity (Wildman–Crippen MR) is 47.8 cm³/mol. The van der Waals surface area contributed by atoms with E-state index in [0.717, 1.165) is 0 Å². The molecule has 0 saturated heterocycles. The largest absolute Gasteiger partial charge is 0.673 e. The van der Waals surface area contributed by atoms with Gasteiger partial charge in [-0.2, -0.15) is 0 Å². The van der Waals surface area contributed by atoms with E-state index in [0.29, 0.717) is 5.56 Å². The van der Waals surface area contributed by atoms with Gasteiger partial charge in [-0.1, -0.05) is 0 Å². The van der Waals surface area contributed by atoms with Crippen LogP contribution in [0.1, 0.15) is 10.4 Å². The number of amides is 1. The van der Waals surface area contributed by atoms with E-state index in [-0.39, 0.29) is 5.91 Å². The van der Waals surface area contributed by atoms with Gasteiger partial charge in [-0.15, -0.1) is 0 Å². The molecule has 3 nitrogen and oxygen atoms in total. The number of hydrogen-bond acceptors (Lipinski definition) is 2. The van der Waals surface area contributed by atoms with Crippen LogP contribution < -0.4 is 5.32 Å². The molecule has 0 saturated carbocycles. The van der Waals surface area contributed by atoms with Crippen LogP contribution in [0, 0.1) is 0 Å². The number of nitrogens with zero attached hydrogens (tertiary/aromatic N) is 1. The highest BCUT2D eigenvalue weighted by Gasteiger charge is 2.20. The number of aromatic nitrogens is 1. The van der Waals surface area contributed by atoms with Gasteiger partial charge in [-0.3, -0.25) is 9.78 Å². The summed E-state index contributed by atoms with van der Waals surface area (Å²) in [4.78, 5) is 14.7. The minimum Gasteiger partial charge on any atom is -0.418 e. The Morgan fingerprint density at radius 1 is 1.40 bits per heavy atom. The molecular formula is C7H8BF4N2O-. The summed E-state index contributed by atoms with van der Waals surface area (Å²) in [6.45, 7) is 0. The van der Waals surface area contributed by atoms with Gasteiger partial charge in [0.2, 0.25) is 0 Å². The van der Waals surface area contributed by atoms with Crippen molar-refractivity contribution in [3.63, 3.8) is 0 Å². The predicted octanol–water partition coefficient (Wildman–Crippen LogP) is 1.74. The second-order valence-corrected chi connectivity index (χ2v) is 2.32. The summed E-state index contributed by atoms with van der Waals surface area (Å²) in [5, 5.41) is 2.50. The molecule has 0 fully saturated rings. The van der Waals surface area contributed by atoms with E-state index in [9.17, 15) is 22.1 Å². The molecule has 1 aromatic heterocycles. The molecule has 8 heteroatoms. The van der Waals surface area contributed by atoms with Crippen LogP contribution in [0.4, 0.5) is 17.3 Å². The lowest BCUT2D eigenvalue weighted by atomic mass is 10.3. The first-order valence-corrected chi connectivity index (χ1v) is 3.84. The Balaban J connectivity index is 0.000000336. The highest BCUT2D eigenvalue weighted by atomic mass is 19.5. The Hall–Kier alpha value is -1.60. The molecule has 1 rings (SSSR count). The third kappa shape index (κ3) is 8.73. The van der Waals surface area contributed by atoms with Crippen molar-refractivity contribution in [2.45, 2.75) is 0 Å². The summed E-state index contributed by atoms with van der Waals surface area (Å²) >= 11 is 0. The summed E-state index contributed by atoms with van der Waals surface area (Å²) in [6.07, 6.45) is 3.16. The van der Waals surface area contributed by atoms with Gasteiger partial charge in [-0.05, 0) is 12.1 Å². The average molecular weight is 223 g/mol. The molecular weight excluding hydrogens is 215 g/mol. The van der Waals surface area contributed by atoms with Crippen molar-refractivity contribution < 1.29 is 22.1 Å². The monoisotopic (exact) mass is 223 g/mol. The van der Waals surface area contributed by atoms with E-state index >= 15 is 0 Å². The molecule has 1 aromatic rings. The van der Waals surface area contributed by atoms with Crippen molar-refractivity contribution in [1.82, 2.24) is 10.3 Å². The molecule has 0 aliphatic rings. The fraction of sp³-hybridized carbons (Fsp3) is 0.143. The first-order chi connectivity index (χ1) is 6.84. The van der Waals surface area contributed by atoms with E-state index < -0.39 is 7.25 Å². The molecule has 1 heterocycles. The molecule has 0 bridgehead atoms. The maximum Gasteiger partial charge on any atom is 0.673 e. The number of carbonyl (C=O) groups excluding carboxylic acids is 1. The van der Waals surface area contributed by atoms with Crippen molar-refractivity contribution in [2.24, 2.45) is 0 Å². The van der Waals surface area contributed by atoms with Crippen molar-refractivity contribution in [3.05, 3.63) is 30.1 Å². The van der Waals surface area contributed by atoms with E-state index in [2.05, 4.69) is 10.3 Å². The van der Waals surface area contributed by atoms with Crippen LogP contribution in [0.15, 0.2) is 24.5 Å². The number of rotatable bonds is 1. The summed E-state index contributed by atoms with van der Waals surface area (Å²) in [5.41, 5.74) is 0.588. The Kier molecular flexibility index (Phi) is 5.36. The zero-order chi connectivity index (χ0) is 11.9. The van der Waals surface area contributed by atoms with Crippen LogP contribution in [0.5, 0.6) is 0 Å². The lowest BCUT2D eigenvalue weighted by molar-refractivity contribution is 0.0962. The minimum atomic E-state index is -6.00. The fourth-order valence-corrected chi connectivity index (χ4v) is 0.641. The number of carbonyl (C=O) groups is 1. The van der Waals surface area contributed by atoms with Crippen LogP contribution >= 0.6 is 0 Å². The second kappa shape index (κ2) is 6.00. The van der Waals surface area contributed by atoms with E-state index in [1.54, 1.807) is 25.4 Å². The average Bonchev–Trinajstić information content (AvgIpc) is 2.15. The lowest BCUT2D eigenvalue weighted by Gasteiger charge is -1.95. The third-order valence-corrected chi connectivity index (χ3v) is 1.15. The molecule has 0 unspecified atom stereocenters. The second-order valence-electron chi connectivity index (χ2n) is 2.32. The summed E-state index contributed by atoms with van der Waals surface area (Å²) in [6, 6.07) is 3.44. The maximum absolute atomic E-state index is 10.9. The smallest absolute Gasteiger partial charge is 0.418 e. The Labute approximate surface area is 83.6 Å².